The molecule has 0 atom stereocenters. The van der Waals surface area contributed by atoms with Crippen LogP contribution in [0.3, 0.4) is 0 Å². The van der Waals surface area contributed by atoms with Crippen LogP contribution in [0, 0.1) is 17.2 Å². The average molecular weight is 194 g/mol. The van der Waals surface area contributed by atoms with E-state index >= 15 is 0 Å². The zero-order valence-electron chi connectivity index (χ0n) is 9.50. The Morgan fingerprint density at radius 2 is 1.93 bits per heavy atom. The lowest BCUT2D eigenvalue weighted by molar-refractivity contribution is 0.166. The van der Waals surface area contributed by atoms with E-state index < -0.39 is 0 Å². The van der Waals surface area contributed by atoms with Crippen LogP contribution < -0.4 is 0 Å². The fourth-order valence-corrected chi connectivity index (χ4v) is 2.40. The quantitative estimate of drug-likeness (QED) is 0.688. The minimum absolute atomic E-state index is 0.671. The fraction of sp³-hybridized carbons (Fsp3) is 0.917. The summed E-state index contributed by atoms with van der Waals surface area (Å²) in [5.74, 6) is 0.968. The van der Waals surface area contributed by atoms with Crippen molar-refractivity contribution in [2.75, 3.05) is 13.6 Å². The summed E-state index contributed by atoms with van der Waals surface area (Å²) < 4.78 is 0. The van der Waals surface area contributed by atoms with E-state index in [1.165, 1.54) is 32.1 Å². The smallest absolute Gasteiger partial charge is 0.0635 e. The standard InChI is InChI=1S/C12H22N2/c1-3-11-5-7-12(8-6-11)14(2)10-4-9-13/h11-12H,3-8,10H2,1-2H3. The monoisotopic (exact) mass is 194 g/mol. The number of hydrogen-bond acceptors (Lipinski definition) is 2. The molecule has 2 nitrogen and oxygen atoms in total. The SMILES string of the molecule is CCC1CCC(N(C)CCC#N)CC1. The Labute approximate surface area is 87.9 Å². The van der Waals surface area contributed by atoms with E-state index in [0.29, 0.717) is 6.42 Å². The molecule has 0 aliphatic heterocycles. The molecule has 1 aliphatic rings. The molecule has 1 rings (SSSR count). The van der Waals surface area contributed by atoms with E-state index in [0.717, 1.165) is 18.5 Å². The Balaban J connectivity index is 2.23. The van der Waals surface area contributed by atoms with Crippen LogP contribution in [-0.2, 0) is 0 Å². The van der Waals surface area contributed by atoms with Crippen LogP contribution in [0.15, 0.2) is 0 Å². The first-order valence-corrected chi connectivity index (χ1v) is 5.85. The molecule has 0 aromatic heterocycles. The molecular weight excluding hydrogens is 172 g/mol. The molecule has 0 aromatic rings. The third-order valence-electron chi connectivity index (χ3n) is 3.59. The van der Waals surface area contributed by atoms with Crippen molar-refractivity contribution in [2.24, 2.45) is 5.92 Å². The van der Waals surface area contributed by atoms with E-state index in [2.05, 4.69) is 24.9 Å². The zero-order chi connectivity index (χ0) is 10.4. The van der Waals surface area contributed by atoms with Gasteiger partial charge in [0, 0.05) is 19.0 Å². The molecule has 1 aliphatic carbocycles. The largest absolute Gasteiger partial charge is 0.302 e. The van der Waals surface area contributed by atoms with E-state index in [4.69, 9.17) is 5.26 Å². The molecule has 0 heterocycles. The van der Waals surface area contributed by atoms with E-state index in [9.17, 15) is 0 Å². The van der Waals surface area contributed by atoms with Crippen LogP contribution in [0.5, 0.6) is 0 Å². The second kappa shape index (κ2) is 6.03. The predicted molar refractivity (Wildman–Crippen MR) is 58.9 cm³/mol. The highest BCUT2D eigenvalue weighted by Gasteiger charge is 2.22. The van der Waals surface area contributed by atoms with Crippen molar-refractivity contribution in [1.29, 1.82) is 5.26 Å². The highest BCUT2D eigenvalue weighted by Crippen LogP contribution is 2.28. The molecule has 80 valence electrons. The number of rotatable bonds is 4. The van der Waals surface area contributed by atoms with Gasteiger partial charge >= 0.3 is 0 Å². The van der Waals surface area contributed by atoms with Gasteiger partial charge in [-0.15, -0.1) is 0 Å². The second-order valence-corrected chi connectivity index (χ2v) is 4.47. The lowest BCUT2D eigenvalue weighted by Crippen LogP contribution is -2.35. The molecule has 0 bridgehead atoms. The highest BCUT2D eigenvalue weighted by atomic mass is 15.1. The molecule has 0 saturated heterocycles. The number of hydrogen-bond donors (Lipinski definition) is 0. The van der Waals surface area contributed by atoms with Crippen LogP contribution in [0.4, 0.5) is 0 Å². The van der Waals surface area contributed by atoms with Crippen molar-refractivity contribution in [3.05, 3.63) is 0 Å². The molecule has 0 radical (unpaired) electrons. The Hall–Kier alpha value is -0.550. The molecule has 1 saturated carbocycles. The molecule has 0 unspecified atom stereocenters. The van der Waals surface area contributed by atoms with Gasteiger partial charge in [0.05, 0.1) is 6.07 Å². The summed E-state index contributed by atoms with van der Waals surface area (Å²) >= 11 is 0. The Morgan fingerprint density at radius 1 is 1.29 bits per heavy atom. The highest BCUT2D eigenvalue weighted by molar-refractivity contribution is 4.80. The van der Waals surface area contributed by atoms with E-state index in [-0.39, 0.29) is 0 Å². The lowest BCUT2D eigenvalue weighted by atomic mass is 9.84. The predicted octanol–water partition coefficient (Wildman–Crippen LogP) is 2.80. The molecule has 2 heteroatoms. The van der Waals surface area contributed by atoms with Crippen molar-refractivity contribution >= 4 is 0 Å². The summed E-state index contributed by atoms with van der Waals surface area (Å²) in [6, 6.07) is 2.96. The zero-order valence-corrected chi connectivity index (χ0v) is 9.50. The van der Waals surface area contributed by atoms with Gasteiger partial charge in [-0.2, -0.15) is 5.26 Å². The normalized spacial score (nSPS) is 27.6. The maximum atomic E-state index is 8.52. The number of nitriles is 1. The summed E-state index contributed by atoms with van der Waals surface area (Å²) in [5.41, 5.74) is 0. The molecule has 0 amide bonds. The second-order valence-electron chi connectivity index (χ2n) is 4.47. The summed E-state index contributed by atoms with van der Waals surface area (Å²) in [7, 11) is 2.16. The van der Waals surface area contributed by atoms with Crippen LogP contribution in [0.25, 0.3) is 0 Å². The van der Waals surface area contributed by atoms with Crippen molar-refractivity contribution < 1.29 is 0 Å². The van der Waals surface area contributed by atoms with Crippen LogP contribution >= 0.6 is 0 Å². The van der Waals surface area contributed by atoms with Crippen molar-refractivity contribution in [2.45, 2.75) is 51.5 Å². The Morgan fingerprint density at radius 3 is 2.43 bits per heavy atom. The molecule has 0 aromatic carbocycles. The first kappa shape index (κ1) is 11.5. The van der Waals surface area contributed by atoms with Crippen molar-refractivity contribution in [3.8, 4) is 6.07 Å². The molecule has 1 fully saturated rings. The molecule has 0 spiro atoms. The Kier molecular flexibility index (Phi) is 4.97. The van der Waals surface area contributed by atoms with Gasteiger partial charge in [0.15, 0.2) is 0 Å². The molecule has 14 heavy (non-hydrogen) atoms. The van der Waals surface area contributed by atoms with Gasteiger partial charge < -0.3 is 4.90 Å². The summed E-state index contributed by atoms with van der Waals surface area (Å²) in [5, 5.41) is 8.52. The third-order valence-corrected chi connectivity index (χ3v) is 3.59. The third kappa shape index (κ3) is 3.31. The summed E-state index contributed by atoms with van der Waals surface area (Å²) in [4.78, 5) is 2.37. The first-order valence-electron chi connectivity index (χ1n) is 5.85. The van der Waals surface area contributed by atoms with Gasteiger partial charge in [0.25, 0.3) is 0 Å². The van der Waals surface area contributed by atoms with Gasteiger partial charge in [-0.25, -0.2) is 0 Å². The van der Waals surface area contributed by atoms with Crippen LogP contribution in [-0.4, -0.2) is 24.5 Å². The maximum absolute atomic E-state index is 8.52. The van der Waals surface area contributed by atoms with E-state index in [1.54, 1.807) is 0 Å². The minimum atomic E-state index is 0.671. The van der Waals surface area contributed by atoms with Crippen molar-refractivity contribution in [3.63, 3.8) is 0 Å². The van der Waals surface area contributed by atoms with Gasteiger partial charge in [-0.3, -0.25) is 0 Å². The van der Waals surface area contributed by atoms with Crippen LogP contribution in [0.2, 0.25) is 0 Å². The first-order chi connectivity index (χ1) is 6.77. The Bertz CT molecular complexity index is 187. The topological polar surface area (TPSA) is 27.0 Å². The lowest BCUT2D eigenvalue weighted by Gasteiger charge is -2.34. The van der Waals surface area contributed by atoms with Gasteiger partial charge in [-0.1, -0.05) is 13.3 Å². The van der Waals surface area contributed by atoms with Gasteiger partial charge in [0.1, 0.15) is 0 Å². The average Bonchev–Trinajstić information content (AvgIpc) is 2.26. The van der Waals surface area contributed by atoms with E-state index in [1.807, 2.05) is 0 Å². The summed E-state index contributed by atoms with van der Waals surface area (Å²) in [6.07, 6.45) is 7.45. The fourth-order valence-electron chi connectivity index (χ4n) is 2.40. The number of nitrogens with zero attached hydrogens (tertiary/aromatic N) is 2. The van der Waals surface area contributed by atoms with Crippen LogP contribution in [0.1, 0.15) is 45.4 Å². The van der Waals surface area contributed by atoms with Gasteiger partial charge in [0.2, 0.25) is 0 Å². The molecular formula is C12H22N2. The minimum Gasteiger partial charge on any atom is -0.302 e. The van der Waals surface area contributed by atoms with Crippen molar-refractivity contribution in [1.82, 2.24) is 4.90 Å². The molecule has 0 N–H and O–H groups in total. The summed E-state index contributed by atoms with van der Waals surface area (Å²) in [6.45, 7) is 3.24. The maximum Gasteiger partial charge on any atom is 0.0635 e. The van der Waals surface area contributed by atoms with Gasteiger partial charge in [-0.05, 0) is 38.6 Å².